The Bertz CT molecular complexity index is 840. The van der Waals surface area contributed by atoms with E-state index in [0.717, 1.165) is 38.0 Å². The van der Waals surface area contributed by atoms with Crippen molar-refractivity contribution < 1.29 is 14.3 Å². The molecule has 4 rings (SSSR count). The molecule has 2 fully saturated rings. The Labute approximate surface area is 165 Å². The van der Waals surface area contributed by atoms with E-state index < -0.39 is 0 Å². The maximum atomic E-state index is 13.0. The van der Waals surface area contributed by atoms with Gasteiger partial charge in [0.1, 0.15) is 6.61 Å². The first-order valence-corrected chi connectivity index (χ1v) is 9.84. The van der Waals surface area contributed by atoms with Crippen molar-refractivity contribution in [2.24, 2.45) is 0 Å². The molecular formula is C22H25N3O3. The van der Waals surface area contributed by atoms with Crippen molar-refractivity contribution in [2.75, 3.05) is 29.9 Å². The summed E-state index contributed by atoms with van der Waals surface area (Å²) in [6.07, 6.45) is 2.69. The summed E-state index contributed by atoms with van der Waals surface area (Å²) in [6, 6.07) is 17.5. The average molecular weight is 379 g/mol. The number of rotatable bonds is 5. The Morgan fingerprint density at radius 2 is 1.93 bits per heavy atom. The number of ether oxygens (including phenoxy) is 1. The number of benzene rings is 2. The summed E-state index contributed by atoms with van der Waals surface area (Å²) < 4.78 is 5.00. The van der Waals surface area contributed by atoms with Gasteiger partial charge in [-0.05, 0) is 43.1 Å². The molecule has 2 aliphatic rings. The fourth-order valence-electron chi connectivity index (χ4n) is 3.90. The fourth-order valence-corrected chi connectivity index (χ4v) is 3.90. The van der Waals surface area contributed by atoms with Gasteiger partial charge in [0, 0.05) is 17.9 Å². The summed E-state index contributed by atoms with van der Waals surface area (Å²) in [4.78, 5) is 28.6. The van der Waals surface area contributed by atoms with Gasteiger partial charge in [0.2, 0.25) is 5.91 Å². The van der Waals surface area contributed by atoms with E-state index in [2.05, 4.69) is 22.3 Å². The molecule has 2 saturated heterocycles. The highest BCUT2D eigenvalue weighted by molar-refractivity contribution is 5.96. The molecule has 0 radical (unpaired) electrons. The van der Waals surface area contributed by atoms with Crippen LogP contribution in [0, 0.1) is 0 Å². The Morgan fingerprint density at radius 3 is 2.71 bits per heavy atom. The number of likely N-dealkylation sites (tertiary alicyclic amines) is 1. The molecule has 0 saturated carbocycles. The molecule has 0 aliphatic carbocycles. The molecule has 28 heavy (non-hydrogen) atoms. The molecule has 0 spiro atoms. The number of carbonyl (C=O) groups excluding carboxylic acids is 2. The third-order valence-corrected chi connectivity index (χ3v) is 5.33. The Hall–Kier alpha value is -2.86. The minimum atomic E-state index is -0.343. The van der Waals surface area contributed by atoms with Gasteiger partial charge in [-0.1, -0.05) is 42.8 Å². The van der Waals surface area contributed by atoms with Gasteiger partial charge >= 0.3 is 6.09 Å². The molecule has 1 N–H and O–H groups in total. The summed E-state index contributed by atoms with van der Waals surface area (Å²) in [5, 5.41) is 3.05. The van der Waals surface area contributed by atoms with Crippen molar-refractivity contribution >= 4 is 23.4 Å². The summed E-state index contributed by atoms with van der Waals surface area (Å²) in [5.41, 5.74) is 2.66. The lowest BCUT2D eigenvalue weighted by Gasteiger charge is -2.34. The SMILES string of the molecule is O=C(Nc1cccc(N2CCOC2=O)c1)[C@H]1CCCCN1Cc1ccccc1. The van der Waals surface area contributed by atoms with Crippen LogP contribution in [-0.4, -0.2) is 42.6 Å². The van der Waals surface area contributed by atoms with E-state index in [9.17, 15) is 9.59 Å². The van der Waals surface area contributed by atoms with Crippen LogP contribution in [0.3, 0.4) is 0 Å². The lowest BCUT2D eigenvalue weighted by molar-refractivity contribution is -0.122. The molecule has 2 aliphatic heterocycles. The highest BCUT2D eigenvalue weighted by Crippen LogP contribution is 2.25. The normalized spacial score (nSPS) is 20.1. The van der Waals surface area contributed by atoms with E-state index in [0.29, 0.717) is 18.8 Å². The van der Waals surface area contributed by atoms with Gasteiger partial charge in [0.05, 0.1) is 12.6 Å². The quantitative estimate of drug-likeness (QED) is 0.862. The Balaban J connectivity index is 1.45. The van der Waals surface area contributed by atoms with Crippen LogP contribution >= 0.6 is 0 Å². The van der Waals surface area contributed by atoms with E-state index >= 15 is 0 Å². The maximum Gasteiger partial charge on any atom is 0.414 e. The van der Waals surface area contributed by atoms with Gasteiger partial charge in [-0.25, -0.2) is 4.79 Å². The molecular weight excluding hydrogens is 354 g/mol. The van der Waals surface area contributed by atoms with Gasteiger partial charge < -0.3 is 10.1 Å². The van der Waals surface area contributed by atoms with Crippen LogP contribution in [0.4, 0.5) is 16.2 Å². The van der Waals surface area contributed by atoms with Crippen LogP contribution in [0.1, 0.15) is 24.8 Å². The van der Waals surface area contributed by atoms with E-state index in [1.807, 2.05) is 42.5 Å². The number of hydrogen-bond acceptors (Lipinski definition) is 4. The third-order valence-electron chi connectivity index (χ3n) is 5.33. The number of nitrogens with one attached hydrogen (secondary N) is 1. The van der Waals surface area contributed by atoms with E-state index in [4.69, 9.17) is 4.74 Å². The van der Waals surface area contributed by atoms with Crippen LogP contribution < -0.4 is 10.2 Å². The number of piperidine rings is 1. The number of hydrogen-bond donors (Lipinski definition) is 1. The topological polar surface area (TPSA) is 61.9 Å². The third kappa shape index (κ3) is 4.17. The first-order valence-electron chi connectivity index (χ1n) is 9.84. The Morgan fingerprint density at radius 1 is 1.07 bits per heavy atom. The lowest BCUT2D eigenvalue weighted by atomic mass is 10.00. The fraction of sp³-hybridized carbons (Fsp3) is 0.364. The summed E-state index contributed by atoms with van der Waals surface area (Å²) in [5.74, 6) is 0.0109. The highest BCUT2D eigenvalue weighted by Gasteiger charge is 2.29. The predicted octanol–water partition coefficient (Wildman–Crippen LogP) is 3.64. The second-order valence-electron chi connectivity index (χ2n) is 7.27. The zero-order valence-electron chi connectivity index (χ0n) is 15.8. The largest absolute Gasteiger partial charge is 0.447 e. The first-order chi connectivity index (χ1) is 13.7. The first kappa shape index (κ1) is 18.5. The maximum absolute atomic E-state index is 13.0. The molecule has 1 atom stereocenters. The van der Waals surface area contributed by atoms with Crippen LogP contribution in [-0.2, 0) is 16.1 Å². The minimum Gasteiger partial charge on any atom is -0.447 e. The molecule has 0 bridgehead atoms. The standard InChI is InChI=1S/C22H25N3O3/c26-21(20-11-4-5-12-24(20)16-17-7-2-1-3-8-17)23-18-9-6-10-19(15-18)25-13-14-28-22(25)27/h1-3,6-10,15,20H,4-5,11-14,16H2,(H,23,26)/t20-/m1/s1. The molecule has 2 amide bonds. The molecule has 6 nitrogen and oxygen atoms in total. The Kier molecular flexibility index (Phi) is 5.58. The van der Waals surface area contributed by atoms with Crippen LogP contribution in [0.5, 0.6) is 0 Å². The molecule has 146 valence electrons. The monoisotopic (exact) mass is 379 g/mol. The molecule has 0 unspecified atom stereocenters. The van der Waals surface area contributed by atoms with Crippen LogP contribution in [0.25, 0.3) is 0 Å². The van der Waals surface area contributed by atoms with Gasteiger partial charge in [-0.2, -0.15) is 0 Å². The van der Waals surface area contributed by atoms with Crippen molar-refractivity contribution in [3.05, 3.63) is 60.2 Å². The summed E-state index contributed by atoms with van der Waals surface area (Å²) in [7, 11) is 0. The van der Waals surface area contributed by atoms with Crippen molar-refractivity contribution in [2.45, 2.75) is 31.8 Å². The van der Waals surface area contributed by atoms with Gasteiger partial charge in [0.25, 0.3) is 0 Å². The van der Waals surface area contributed by atoms with Crippen molar-refractivity contribution in [1.29, 1.82) is 0 Å². The summed E-state index contributed by atoms with van der Waals surface area (Å²) in [6.45, 7) is 2.63. The predicted molar refractivity (Wildman–Crippen MR) is 108 cm³/mol. The number of cyclic esters (lactones) is 1. The number of nitrogens with zero attached hydrogens (tertiary/aromatic N) is 2. The van der Waals surface area contributed by atoms with Crippen molar-refractivity contribution in [3.63, 3.8) is 0 Å². The van der Waals surface area contributed by atoms with Gasteiger partial charge in [-0.15, -0.1) is 0 Å². The van der Waals surface area contributed by atoms with Gasteiger partial charge in [0.15, 0.2) is 0 Å². The zero-order valence-corrected chi connectivity index (χ0v) is 15.8. The van der Waals surface area contributed by atoms with Crippen molar-refractivity contribution in [3.8, 4) is 0 Å². The summed E-state index contributed by atoms with van der Waals surface area (Å²) >= 11 is 0. The second kappa shape index (κ2) is 8.44. The molecule has 0 aromatic heterocycles. The molecule has 2 aromatic rings. The van der Waals surface area contributed by atoms with Crippen molar-refractivity contribution in [1.82, 2.24) is 4.90 Å². The molecule has 2 heterocycles. The van der Waals surface area contributed by atoms with Crippen LogP contribution in [0.2, 0.25) is 0 Å². The van der Waals surface area contributed by atoms with E-state index in [1.165, 1.54) is 5.56 Å². The lowest BCUT2D eigenvalue weighted by Crippen LogP contribution is -2.46. The highest BCUT2D eigenvalue weighted by atomic mass is 16.6. The zero-order chi connectivity index (χ0) is 19.3. The number of anilines is 2. The average Bonchev–Trinajstić information content (AvgIpc) is 3.15. The number of amides is 2. The van der Waals surface area contributed by atoms with E-state index in [1.54, 1.807) is 4.90 Å². The smallest absolute Gasteiger partial charge is 0.414 e. The second-order valence-corrected chi connectivity index (χ2v) is 7.27. The van der Waals surface area contributed by atoms with E-state index in [-0.39, 0.29) is 18.0 Å². The molecule has 2 aromatic carbocycles. The van der Waals surface area contributed by atoms with Gasteiger partial charge in [-0.3, -0.25) is 14.6 Å². The molecule has 6 heteroatoms. The van der Waals surface area contributed by atoms with Crippen LogP contribution in [0.15, 0.2) is 54.6 Å². The number of carbonyl (C=O) groups is 2. The minimum absolute atomic E-state index is 0.0109.